The predicted molar refractivity (Wildman–Crippen MR) is 158 cm³/mol. The topological polar surface area (TPSA) is 366 Å². The Morgan fingerprint density at radius 3 is 1.42 bits per heavy atom. The van der Waals surface area contributed by atoms with E-state index in [9.17, 15) is 71.5 Å². The summed E-state index contributed by atoms with van der Waals surface area (Å²) in [5.74, 6) is 0. The van der Waals surface area contributed by atoms with Crippen LogP contribution in [0, 0.1) is 0 Å². The SMILES string of the molecule is C[C@@H]1O[C@@H](O[C@@H]2[C@@H](O)[C@H](O)O[C@H](C)[C@@H]2O[C@@H]2OC[C@@H](O)[C@H](O)[C@H]2O)[C@H](O[C@@H]2O[C@H](CO)[C@@H](O)[C@H](O)[C@H]2O)[C@H](O)[C@H]1O[C@@H]1O[C@H](CO)[C@H](O)[C@H](O)[C@H]1O. The molecule has 52 heavy (non-hydrogen) atoms. The second-order valence-electron chi connectivity index (χ2n) is 13.5. The summed E-state index contributed by atoms with van der Waals surface area (Å²) in [5, 5.41) is 145. The second-order valence-corrected chi connectivity index (χ2v) is 13.5. The third kappa shape index (κ3) is 8.42. The standard InChI is InChI=1S/C29H50O23/c1-6-21(49-27-17(39)14(36)12(34)9(3-30)47-27)19(41)24(52-28-18(40)15(37)13(35)10(4-31)48-28)29(46-6)51-23-20(42)25(43)45-7(2)22(23)50-26-16(38)11(33)8(32)5-44-26/h6-43H,3-5H2,1-2H3/t6-,7+,8+,9+,10+,11-,12-,13+,14-,15-,16+,17+,18+,19+,20+,21-,22-,23+,24+,25+,26-,27-,28-,29-/m0/s1. The summed E-state index contributed by atoms with van der Waals surface area (Å²) in [7, 11) is 0. The minimum absolute atomic E-state index is 0.457. The van der Waals surface area contributed by atoms with Crippen molar-refractivity contribution in [3.05, 3.63) is 0 Å². The molecule has 23 nitrogen and oxygen atoms in total. The van der Waals surface area contributed by atoms with E-state index in [1.54, 1.807) is 0 Å². The summed E-state index contributed by atoms with van der Waals surface area (Å²) in [5.41, 5.74) is 0. The maximum Gasteiger partial charge on any atom is 0.187 e. The van der Waals surface area contributed by atoms with Crippen molar-refractivity contribution in [1.29, 1.82) is 0 Å². The molecule has 5 aliphatic heterocycles. The van der Waals surface area contributed by atoms with Gasteiger partial charge in [-0.05, 0) is 13.8 Å². The summed E-state index contributed by atoms with van der Waals surface area (Å²) in [4.78, 5) is 0. The molecule has 14 N–H and O–H groups in total. The van der Waals surface area contributed by atoms with E-state index in [1.807, 2.05) is 0 Å². The highest BCUT2D eigenvalue weighted by Gasteiger charge is 2.56. The zero-order valence-corrected chi connectivity index (χ0v) is 27.9. The minimum atomic E-state index is -2.01. The Labute approximate surface area is 295 Å². The van der Waals surface area contributed by atoms with Gasteiger partial charge in [0.2, 0.25) is 0 Å². The van der Waals surface area contributed by atoms with Crippen molar-refractivity contribution >= 4 is 0 Å². The first kappa shape index (κ1) is 42.2. The first-order valence-corrected chi connectivity index (χ1v) is 16.7. The van der Waals surface area contributed by atoms with Crippen LogP contribution >= 0.6 is 0 Å². The molecule has 0 radical (unpaired) electrons. The lowest BCUT2D eigenvalue weighted by molar-refractivity contribution is -0.404. The average molecular weight is 767 g/mol. The molecule has 0 aliphatic carbocycles. The largest absolute Gasteiger partial charge is 0.394 e. The summed E-state index contributed by atoms with van der Waals surface area (Å²) >= 11 is 0. The van der Waals surface area contributed by atoms with Crippen LogP contribution in [0.25, 0.3) is 0 Å². The van der Waals surface area contributed by atoms with Crippen LogP contribution in [0.1, 0.15) is 13.8 Å². The minimum Gasteiger partial charge on any atom is -0.394 e. The lowest BCUT2D eigenvalue weighted by Crippen LogP contribution is -2.68. The summed E-state index contributed by atoms with van der Waals surface area (Å²) in [6.07, 6.45) is -41.0. The quantitative estimate of drug-likeness (QED) is 0.0981. The number of aliphatic hydroxyl groups is 14. The van der Waals surface area contributed by atoms with Gasteiger partial charge in [0.15, 0.2) is 31.5 Å². The molecule has 0 unspecified atom stereocenters. The molecule has 24 atom stereocenters. The zero-order valence-electron chi connectivity index (χ0n) is 27.9. The van der Waals surface area contributed by atoms with E-state index in [2.05, 4.69) is 0 Å². The van der Waals surface area contributed by atoms with E-state index in [4.69, 9.17) is 42.6 Å². The van der Waals surface area contributed by atoms with Gasteiger partial charge >= 0.3 is 0 Å². The van der Waals surface area contributed by atoms with Gasteiger partial charge in [-0.2, -0.15) is 0 Å². The van der Waals surface area contributed by atoms with E-state index in [1.165, 1.54) is 13.8 Å². The number of ether oxygens (including phenoxy) is 9. The number of aliphatic hydroxyl groups excluding tert-OH is 14. The van der Waals surface area contributed by atoms with Gasteiger partial charge in [0, 0.05) is 0 Å². The van der Waals surface area contributed by atoms with Gasteiger partial charge < -0.3 is 114 Å². The maximum atomic E-state index is 11.7. The van der Waals surface area contributed by atoms with Crippen molar-refractivity contribution in [3.63, 3.8) is 0 Å². The molecular formula is C29H50O23. The molecule has 0 saturated carbocycles. The lowest BCUT2D eigenvalue weighted by atomic mass is 9.95. The average Bonchev–Trinajstić information content (AvgIpc) is 3.11. The highest BCUT2D eigenvalue weighted by molar-refractivity contribution is 4.98. The Hall–Kier alpha value is -0.920. The third-order valence-corrected chi connectivity index (χ3v) is 9.84. The predicted octanol–water partition coefficient (Wildman–Crippen LogP) is -9.23. The van der Waals surface area contributed by atoms with Crippen molar-refractivity contribution < 1.29 is 114 Å². The van der Waals surface area contributed by atoms with Gasteiger partial charge in [0.1, 0.15) is 104 Å². The monoisotopic (exact) mass is 766 g/mol. The van der Waals surface area contributed by atoms with Crippen molar-refractivity contribution in [1.82, 2.24) is 0 Å². The number of hydrogen-bond donors (Lipinski definition) is 14. The lowest BCUT2D eigenvalue weighted by Gasteiger charge is -2.50. The van der Waals surface area contributed by atoms with Gasteiger partial charge in [-0.1, -0.05) is 0 Å². The molecule has 23 heteroatoms. The first-order chi connectivity index (χ1) is 24.5. The fraction of sp³-hybridized carbons (Fsp3) is 1.00. The van der Waals surface area contributed by atoms with E-state index in [-0.39, 0.29) is 0 Å². The molecular weight excluding hydrogens is 716 g/mol. The molecule has 0 amide bonds. The van der Waals surface area contributed by atoms with Crippen LogP contribution in [0.3, 0.4) is 0 Å². The van der Waals surface area contributed by atoms with Crippen LogP contribution in [0.5, 0.6) is 0 Å². The second kappa shape index (κ2) is 17.5. The van der Waals surface area contributed by atoms with Crippen molar-refractivity contribution in [2.45, 2.75) is 161 Å². The Bertz CT molecular complexity index is 1120. The first-order valence-electron chi connectivity index (χ1n) is 16.7. The van der Waals surface area contributed by atoms with E-state index < -0.39 is 167 Å². The Balaban J connectivity index is 1.43. The zero-order chi connectivity index (χ0) is 38.3. The van der Waals surface area contributed by atoms with Gasteiger partial charge in [0.05, 0.1) is 32.0 Å². The number of hydrogen-bond acceptors (Lipinski definition) is 23. The molecule has 5 heterocycles. The number of rotatable bonds is 10. The summed E-state index contributed by atoms with van der Waals surface area (Å²) in [6, 6.07) is 0. The Morgan fingerprint density at radius 1 is 0.423 bits per heavy atom. The molecule has 5 aliphatic rings. The van der Waals surface area contributed by atoms with E-state index in [0.717, 1.165) is 0 Å². The van der Waals surface area contributed by atoms with Gasteiger partial charge in [-0.15, -0.1) is 0 Å². The van der Waals surface area contributed by atoms with Crippen LogP contribution in [0.4, 0.5) is 0 Å². The normalized spacial score (nSPS) is 54.9. The third-order valence-electron chi connectivity index (χ3n) is 9.84. The molecule has 304 valence electrons. The molecule has 0 aromatic heterocycles. The van der Waals surface area contributed by atoms with Gasteiger partial charge in [0.25, 0.3) is 0 Å². The van der Waals surface area contributed by atoms with Crippen LogP contribution in [0.2, 0.25) is 0 Å². The van der Waals surface area contributed by atoms with Gasteiger partial charge in [-0.25, -0.2) is 0 Å². The van der Waals surface area contributed by atoms with Crippen LogP contribution in [0.15, 0.2) is 0 Å². The van der Waals surface area contributed by atoms with Crippen LogP contribution < -0.4 is 0 Å². The Morgan fingerprint density at radius 2 is 0.885 bits per heavy atom. The molecule has 0 spiro atoms. The smallest absolute Gasteiger partial charge is 0.187 e. The molecule has 5 saturated heterocycles. The molecule has 0 aromatic rings. The maximum absolute atomic E-state index is 11.7. The summed E-state index contributed by atoms with van der Waals surface area (Å²) < 4.78 is 51.0. The van der Waals surface area contributed by atoms with Crippen LogP contribution in [-0.4, -0.2) is 239 Å². The fourth-order valence-electron chi connectivity index (χ4n) is 6.66. The molecule has 5 rings (SSSR count). The van der Waals surface area contributed by atoms with E-state index in [0.29, 0.717) is 0 Å². The van der Waals surface area contributed by atoms with Crippen LogP contribution in [-0.2, 0) is 42.6 Å². The van der Waals surface area contributed by atoms with Crippen molar-refractivity contribution in [3.8, 4) is 0 Å². The van der Waals surface area contributed by atoms with Crippen molar-refractivity contribution in [2.24, 2.45) is 0 Å². The molecule has 5 fully saturated rings. The van der Waals surface area contributed by atoms with Gasteiger partial charge in [-0.3, -0.25) is 0 Å². The Kier molecular flexibility index (Phi) is 14.2. The molecule has 0 bridgehead atoms. The molecule has 0 aromatic carbocycles. The van der Waals surface area contributed by atoms with E-state index >= 15 is 0 Å². The highest BCUT2D eigenvalue weighted by atomic mass is 16.8. The fourth-order valence-corrected chi connectivity index (χ4v) is 6.66. The highest BCUT2D eigenvalue weighted by Crippen LogP contribution is 2.36. The summed E-state index contributed by atoms with van der Waals surface area (Å²) in [6.45, 7) is 0.636. The van der Waals surface area contributed by atoms with Crippen molar-refractivity contribution in [2.75, 3.05) is 19.8 Å².